The lowest BCUT2D eigenvalue weighted by Crippen LogP contribution is -2.45. The Bertz CT molecular complexity index is 1660. The predicted octanol–water partition coefficient (Wildman–Crippen LogP) is 3.45. The fourth-order valence-corrected chi connectivity index (χ4v) is 6.12. The summed E-state index contributed by atoms with van der Waals surface area (Å²) in [5.74, 6) is -3.18. The molecule has 3 aliphatic rings. The summed E-state index contributed by atoms with van der Waals surface area (Å²) in [5, 5.41) is 12.4. The highest BCUT2D eigenvalue weighted by atomic mass is 19.4. The molecule has 1 aromatic carbocycles. The van der Waals surface area contributed by atoms with E-state index in [1.165, 1.54) is 10.6 Å². The first kappa shape index (κ1) is 25.5. The number of hydrogen-bond acceptors (Lipinski definition) is 6. The van der Waals surface area contributed by atoms with Crippen molar-refractivity contribution in [3.63, 3.8) is 0 Å². The highest BCUT2D eigenvalue weighted by Gasteiger charge is 2.45. The number of carbonyl (C=O) groups is 2. The van der Waals surface area contributed by atoms with Crippen molar-refractivity contribution in [3.05, 3.63) is 61.7 Å². The molecule has 0 saturated heterocycles. The Labute approximate surface area is 218 Å². The van der Waals surface area contributed by atoms with E-state index in [-0.39, 0.29) is 37.1 Å². The Hall–Kier alpha value is -3.80. The Balaban J connectivity index is 1.58. The lowest BCUT2D eigenvalue weighted by Gasteiger charge is -2.30. The van der Waals surface area contributed by atoms with E-state index in [0.29, 0.717) is 56.6 Å². The third-order valence-electron chi connectivity index (χ3n) is 8.07. The van der Waals surface area contributed by atoms with Crippen LogP contribution in [-0.2, 0) is 33.9 Å². The number of alkyl halides is 3. The molecule has 0 fully saturated rings. The first-order chi connectivity index (χ1) is 18.4. The molecule has 12 heteroatoms. The molecule has 39 heavy (non-hydrogen) atoms. The summed E-state index contributed by atoms with van der Waals surface area (Å²) in [6.45, 7) is 3.24. The third kappa shape index (κ3) is 3.68. The van der Waals surface area contributed by atoms with Gasteiger partial charge in [0.05, 0.1) is 41.0 Å². The maximum absolute atomic E-state index is 14.9. The van der Waals surface area contributed by atoms with Crippen molar-refractivity contribution in [1.82, 2.24) is 14.9 Å². The lowest BCUT2D eigenvalue weighted by molar-refractivity contribution is -0.205. The molecule has 0 saturated carbocycles. The molecular formula is C27H23F4N3O5. The molecular weight excluding hydrogens is 522 g/mol. The highest BCUT2D eigenvalue weighted by molar-refractivity contribution is 5.94. The van der Waals surface area contributed by atoms with Crippen LogP contribution in [0.15, 0.2) is 16.9 Å². The summed E-state index contributed by atoms with van der Waals surface area (Å²) in [5.41, 5.74) is 3.42. The fraction of sp³-hybridized carbons (Fsp3) is 0.407. The topological polar surface area (TPSA) is 111 Å². The summed E-state index contributed by atoms with van der Waals surface area (Å²) in [4.78, 5) is 43.0. The highest BCUT2D eigenvalue weighted by Crippen LogP contribution is 2.45. The van der Waals surface area contributed by atoms with Crippen LogP contribution in [0.2, 0.25) is 0 Å². The molecule has 204 valence electrons. The quantitative estimate of drug-likeness (QED) is 0.302. The zero-order valence-corrected chi connectivity index (χ0v) is 20.9. The average molecular weight is 545 g/mol. The van der Waals surface area contributed by atoms with E-state index in [9.17, 15) is 37.1 Å². The number of nitrogens with one attached hydrogen (secondary N) is 1. The molecule has 2 N–H and O–H groups in total. The molecule has 0 radical (unpaired) electrons. The molecule has 4 heterocycles. The number of benzene rings is 1. The van der Waals surface area contributed by atoms with Crippen LogP contribution < -0.4 is 10.9 Å². The van der Waals surface area contributed by atoms with Gasteiger partial charge in [0, 0.05) is 17.0 Å². The van der Waals surface area contributed by atoms with Gasteiger partial charge in [-0.3, -0.25) is 14.4 Å². The number of pyridine rings is 2. The van der Waals surface area contributed by atoms with E-state index in [2.05, 4.69) is 5.32 Å². The number of halogens is 4. The minimum Gasteiger partial charge on any atom is -0.460 e. The summed E-state index contributed by atoms with van der Waals surface area (Å²) in [7, 11) is 0. The maximum atomic E-state index is 14.9. The number of aryl methyl sites for hydroxylation is 1. The number of hydrogen-bond donors (Lipinski definition) is 2. The van der Waals surface area contributed by atoms with E-state index in [4.69, 9.17) is 9.72 Å². The third-order valence-corrected chi connectivity index (χ3v) is 8.07. The smallest absolute Gasteiger partial charge is 0.423 e. The van der Waals surface area contributed by atoms with E-state index in [0.717, 1.165) is 0 Å². The van der Waals surface area contributed by atoms with Crippen LogP contribution in [0.5, 0.6) is 0 Å². The van der Waals surface area contributed by atoms with Crippen molar-refractivity contribution in [3.8, 4) is 11.4 Å². The second kappa shape index (κ2) is 8.60. The number of aliphatic hydroxyl groups excluding tert-OH is 1. The van der Waals surface area contributed by atoms with Crippen LogP contribution >= 0.6 is 0 Å². The second-order valence-electron chi connectivity index (χ2n) is 10.2. The van der Waals surface area contributed by atoms with Crippen molar-refractivity contribution in [2.45, 2.75) is 70.5 Å². The standard InChI is InChI=1S/C27H23F4N3O5/c1-3-11-13-6-19-22-14(8-34(19)25(37)15(13)9-39-26(11)38)21-17(33-24(36)23(35)27(29,30)31)5-4-12-10(2)16(28)7-18(32-22)20(12)21/h6-7,11,17,23,35H,3-5,8-9H2,1-2H3,(H,33,36)/t11-,17+,23-/m1/s1. The van der Waals surface area contributed by atoms with Crippen molar-refractivity contribution < 1.29 is 37.0 Å². The number of amides is 1. The number of fused-ring (bicyclic) bond motifs is 5. The van der Waals surface area contributed by atoms with Crippen LogP contribution in [0.25, 0.3) is 22.3 Å². The molecule has 1 amide bonds. The van der Waals surface area contributed by atoms with Crippen molar-refractivity contribution in [2.24, 2.45) is 0 Å². The number of ether oxygens (including phenoxy) is 1. The Morgan fingerprint density at radius 2 is 2.00 bits per heavy atom. The van der Waals surface area contributed by atoms with E-state index in [1.807, 2.05) is 0 Å². The molecule has 3 atom stereocenters. The SMILES string of the molecule is CC[C@H]1C(=O)OCc2c1cc1n(c2=O)Cc2c-1nc1cc(F)c(C)c3c1c2[C@@H](NC(=O)[C@@H](O)C(F)(F)F)CC3. The largest absolute Gasteiger partial charge is 0.460 e. The number of aliphatic hydroxyl groups is 1. The van der Waals surface area contributed by atoms with Gasteiger partial charge in [0.25, 0.3) is 11.5 Å². The van der Waals surface area contributed by atoms with Gasteiger partial charge in [-0.2, -0.15) is 13.2 Å². The van der Waals surface area contributed by atoms with Crippen LogP contribution in [0.1, 0.15) is 65.1 Å². The van der Waals surface area contributed by atoms with Crippen LogP contribution in [-0.4, -0.2) is 38.8 Å². The molecule has 1 aliphatic carbocycles. The van der Waals surface area contributed by atoms with Gasteiger partial charge in [0.1, 0.15) is 12.4 Å². The number of nitrogens with zero attached hydrogens (tertiary/aromatic N) is 2. The number of aromatic nitrogens is 2. The van der Waals surface area contributed by atoms with Gasteiger partial charge < -0.3 is 19.7 Å². The van der Waals surface area contributed by atoms with Gasteiger partial charge in [-0.1, -0.05) is 6.92 Å². The first-order valence-electron chi connectivity index (χ1n) is 12.6. The monoisotopic (exact) mass is 545 g/mol. The minimum absolute atomic E-state index is 0.0177. The molecule has 2 aliphatic heterocycles. The van der Waals surface area contributed by atoms with Crippen molar-refractivity contribution in [2.75, 3.05) is 0 Å². The van der Waals surface area contributed by atoms with Crippen LogP contribution in [0, 0.1) is 12.7 Å². The van der Waals surface area contributed by atoms with Crippen molar-refractivity contribution >= 4 is 22.8 Å². The van der Waals surface area contributed by atoms with Gasteiger partial charge in [-0.15, -0.1) is 0 Å². The zero-order valence-electron chi connectivity index (χ0n) is 20.9. The predicted molar refractivity (Wildman–Crippen MR) is 129 cm³/mol. The van der Waals surface area contributed by atoms with E-state index in [1.54, 1.807) is 19.9 Å². The Morgan fingerprint density at radius 3 is 2.69 bits per heavy atom. The summed E-state index contributed by atoms with van der Waals surface area (Å²) in [6.07, 6.45) is -7.54. The van der Waals surface area contributed by atoms with E-state index >= 15 is 0 Å². The molecule has 6 rings (SSSR count). The molecule has 0 bridgehead atoms. The minimum atomic E-state index is -5.15. The van der Waals surface area contributed by atoms with Gasteiger partial charge in [-0.05, 0) is 54.5 Å². The van der Waals surface area contributed by atoms with Gasteiger partial charge >= 0.3 is 12.1 Å². The number of carbonyl (C=O) groups excluding carboxylic acids is 2. The second-order valence-corrected chi connectivity index (χ2v) is 10.2. The summed E-state index contributed by atoms with van der Waals surface area (Å²) >= 11 is 0. The van der Waals surface area contributed by atoms with Crippen molar-refractivity contribution in [1.29, 1.82) is 0 Å². The number of rotatable bonds is 3. The summed E-state index contributed by atoms with van der Waals surface area (Å²) < 4.78 is 60.8. The molecule has 2 aromatic heterocycles. The fourth-order valence-electron chi connectivity index (χ4n) is 6.12. The zero-order chi connectivity index (χ0) is 28.0. The summed E-state index contributed by atoms with van der Waals surface area (Å²) in [6, 6.07) is 2.00. The molecule has 3 aromatic rings. The normalized spacial score (nSPS) is 20.2. The lowest BCUT2D eigenvalue weighted by atomic mass is 9.81. The Kier molecular flexibility index (Phi) is 5.62. The Morgan fingerprint density at radius 1 is 1.26 bits per heavy atom. The number of cyclic esters (lactones) is 1. The average Bonchev–Trinajstić information content (AvgIpc) is 3.25. The van der Waals surface area contributed by atoms with E-state index < -0.39 is 41.9 Å². The number of esters is 1. The van der Waals surface area contributed by atoms with Gasteiger partial charge in [-0.25, -0.2) is 9.37 Å². The van der Waals surface area contributed by atoms with Crippen LogP contribution in [0.3, 0.4) is 0 Å². The van der Waals surface area contributed by atoms with Gasteiger partial charge in [0.2, 0.25) is 6.10 Å². The maximum Gasteiger partial charge on any atom is 0.423 e. The first-order valence-corrected chi connectivity index (χ1v) is 12.6. The van der Waals surface area contributed by atoms with Crippen LogP contribution in [0.4, 0.5) is 17.6 Å². The van der Waals surface area contributed by atoms with Gasteiger partial charge in [0.15, 0.2) is 0 Å². The molecule has 0 spiro atoms. The molecule has 0 unspecified atom stereocenters. The molecule has 8 nitrogen and oxygen atoms in total.